The highest BCUT2D eigenvalue weighted by atomic mass is 32.1. The molecule has 7 nitrogen and oxygen atoms in total. The van der Waals surface area contributed by atoms with Crippen LogP contribution in [-0.2, 0) is 18.2 Å². The molecule has 1 aliphatic rings. The molecule has 1 fully saturated rings. The molecule has 1 aromatic carbocycles. The molecule has 0 aliphatic carbocycles. The molecule has 1 atom stereocenters. The monoisotopic (exact) mass is 398 g/mol. The van der Waals surface area contributed by atoms with Crippen molar-refractivity contribution in [2.45, 2.75) is 18.9 Å². The number of para-hydroxylation sites is 1. The van der Waals surface area contributed by atoms with Gasteiger partial charge < -0.3 is 15.0 Å². The number of benzene rings is 1. The third-order valence-corrected chi connectivity index (χ3v) is 5.96. The molecule has 0 bridgehead atoms. The van der Waals surface area contributed by atoms with Crippen LogP contribution in [0.3, 0.4) is 0 Å². The van der Waals surface area contributed by atoms with E-state index in [0.29, 0.717) is 6.61 Å². The van der Waals surface area contributed by atoms with Crippen LogP contribution in [0.25, 0.3) is 10.2 Å². The lowest BCUT2D eigenvalue weighted by Gasteiger charge is -2.34. The van der Waals surface area contributed by atoms with E-state index >= 15 is 0 Å². The summed E-state index contributed by atoms with van der Waals surface area (Å²) in [5.41, 5.74) is 2.21. The van der Waals surface area contributed by atoms with E-state index in [4.69, 9.17) is 9.72 Å². The van der Waals surface area contributed by atoms with E-state index in [2.05, 4.69) is 38.5 Å². The zero-order valence-corrected chi connectivity index (χ0v) is 17.2. The molecule has 1 aliphatic heterocycles. The summed E-state index contributed by atoms with van der Waals surface area (Å²) in [6.45, 7) is 3.18. The van der Waals surface area contributed by atoms with Crippen molar-refractivity contribution in [1.82, 2.24) is 25.0 Å². The summed E-state index contributed by atoms with van der Waals surface area (Å²) in [5, 5.41) is 8.95. The number of aliphatic imine (C=N–C) groups is 1. The molecule has 0 saturated carbocycles. The number of morpholine rings is 1. The molecule has 2 aromatic heterocycles. The predicted molar refractivity (Wildman–Crippen MR) is 113 cm³/mol. The van der Waals surface area contributed by atoms with Gasteiger partial charge in [-0.15, -0.1) is 11.3 Å². The summed E-state index contributed by atoms with van der Waals surface area (Å²) in [6, 6.07) is 8.32. The van der Waals surface area contributed by atoms with Crippen LogP contribution in [-0.4, -0.2) is 58.9 Å². The fourth-order valence-electron chi connectivity index (χ4n) is 3.45. The maximum absolute atomic E-state index is 5.93. The van der Waals surface area contributed by atoms with Gasteiger partial charge in [-0.2, -0.15) is 5.10 Å². The largest absolute Gasteiger partial charge is 0.370 e. The lowest BCUT2D eigenvalue weighted by molar-refractivity contribution is -0.00801. The Morgan fingerprint density at radius 1 is 1.39 bits per heavy atom. The first-order chi connectivity index (χ1) is 13.7. The van der Waals surface area contributed by atoms with Crippen molar-refractivity contribution in [2.75, 3.05) is 33.3 Å². The second-order valence-corrected chi connectivity index (χ2v) is 8.02. The minimum absolute atomic E-state index is 0.0312. The number of rotatable bonds is 5. The molecule has 0 radical (unpaired) electrons. The highest BCUT2D eigenvalue weighted by Crippen LogP contribution is 2.23. The van der Waals surface area contributed by atoms with Gasteiger partial charge in [0.05, 0.1) is 34.6 Å². The first kappa shape index (κ1) is 18.9. The molecule has 1 saturated heterocycles. The van der Waals surface area contributed by atoms with E-state index in [9.17, 15) is 0 Å². The number of fused-ring (bicyclic) bond motifs is 1. The fraction of sp³-hybridized carbons (Fsp3) is 0.450. The van der Waals surface area contributed by atoms with Gasteiger partial charge >= 0.3 is 0 Å². The van der Waals surface area contributed by atoms with Gasteiger partial charge in [0.2, 0.25) is 0 Å². The van der Waals surface area contributed by atoms with Crippen LogP contribution in [0.2, 0.25) is 0 Å². The van der Waals surface area contributed by atoms with Crippen molar-refractivity contribution in [3.63, 3.8) is 0 Å². The van der Waals surface area contributed by atoms with Crippen LogP contribution in [0, 0.1) is 0 Å². The summed E-state index contributed by atoms with van der Waals surface area (Å²) in [4.78, 5) is 11.4. The molecule has 8 heteroatoms. The first-order valence-corrected chi connectivity index (χ1v) is 10.4. The van der Waals surface area contributed by atoms with Crippen LogP contribution in [0.5, 0.6) is 0 Å². The lowest BCUT2D eigenvalue weighted by Crippen LogP contribution is -2.48. The normalized spacial score (nSPS) is 18.0. The molecule has 0 amide bonds. The molecule has 1 N–H and O–H groups in total. The van der Waals surface area contributed by atoms with Gasteiger partial charge in [-0.25, -0.2) is 4.98 Å². The third-order valence-electron chi connectivity index (χ3n) is 4.86. The van der Waals surface area contributed by atoms with Crippen molar-refractivity contribution in [2.24, 2.45) is 12.0 Å². The van der Waals surface area contributed by atoms with Gasteiger partial charge in [0.25, 0.3) is 0 Å². The fourth-order valence-corrected chi connectivity index (χ4v) is 4.46. The third kappa shape index (κ3) is 4.34. The molecule has 3 aromatic rings. The molecule has 148 valence electrons. The van der Waals surface area contributed by atoms with Gasteiger partial charge in [0, 0.05) is 45.4 Å². The number of hydrogen-bond acceptors (Lipinski definition) is 5. The average Bonchev–Trinajstić information content (AvgIpc) is 3.34. The van der Waals surface area contributed by atoms with Gasteiger partial charge in [-0.05, 0) is 18.6 Å². The van der Waals surface area contributed by atoms with Gasteiger partial charge in [0.15, 0.2) is 5.96 Å². The summed E-state index contributed by atoms with van der Waals surface area (Å²) in [5.74, 6) is 0.932. The minimum Gasteiger partial charge on any atom is -0.370 e. The maximum atomic E-state index is 5.93. The number of nitrogens with zero attached hydrogens (tertiary/aromatic N) is 5. The van der Waals surface area contributed by atoms with Gasteiger partial charge in [-0.1, -0.05) is 12.1 Å². The highest BCUT2D eigenvalue weighted by molar-refractivity contribution is 7.18. The summed E-state index contributed by atoms with van der Waals surface area (Å²) in [7, 11) is 3.76. The zero-order chi connectivity index (χ0) is 19.3. The van der Waals surface area contributed by atoms with E-state index in [-0.39, 0.29) is 6.10 Å². The Morgan fingerprint density at radius 2 is 2.29 bits per heavy atom. The van der Waals surface area contributed by atoms with Gasteiger partial charge in [0.1, 0.15) is 6.10 Å². The zero-order valence-electron chi connectivity index (χ0n) is 16.3. The molecule has 28 heavy (non-hydrogen) atoms. The number of hydrogen-bond donors (Lipinski definition) is 1. The lowest BCUT2D eigenvalue weighted by atomic mass is 10.1. The molecule has 0 spiro atoms. The van der Waals surface area contributed by atoms with E-state index < -0.39 is 0 Å². The Labute approximate surface area is 169 Å². The summed E-state index contributed by atoms with van der Waals surface area (Å²) >= 11 is 1.79. The van der Waals surface area contributed by atoms with Crippen molar-refractivity contribution >= 4 is 27.5 Å². The first-order valence-electron chi connectivity index (χ1n) is 9.63. The number of thiazole rings is 1. The van der Waals surface area contributed by atoms with Crippen LogP contribution in [0.15, 0.2) is 41.7 Å². The van der Waals surface area contributed by atoms with E-state index in [1.165, 1.54) is 9.71 Å². The van der Waals surface area contributed by atoms with E-state index in [1.807, 2.05) is 37.2 Å². The van der Waals surface area contributed by atoms with Crippen molar-refractivity contribution in [3.05, 3.63) is 47.2 Å². The Morgan fingerprint density at radius 3 is 3.07 bits per heavy atom. The Hall–Kier alpha value is -2.45. The number of aromatic nitrogens is 3. The second kappa shape index (κ2) is 8.70. The average molecular weight is 399 g/mol. The van der Waals surface area contributed by atoms with Crippen molar-refractivity contribution in [3.8, 4) is 0 Å². The molecular formula is C20H26N6OS. The molecule has 4 rings (SSSR count). The summed E-state index contributed by atoms with van der Waals surface area (Å²) < 4.78 is 9.00. The smallest absolute Gasteiger partial charge is 0.193 e. The molecule has 1 unspecified atom stereocenters. The Kier molecular flexibility index (Phi) is 5.87. The van der Waals surface area contributed by atoms with Crippen LogP contribution in [0.1, 0.15) is 23.1 Å². The molecular weight excluding hydrogens is 372 g/mol. The maximum Gasteiger partial charge on any atom is 0.193 e. The van der Waals surface area contributed by atoms with Crippen LogP contribution in [0.4, 0.5) is 0 Å². The Balaban J connectivity index is 1.28. The Bertz CT molecular complexity index is 916. The van der Waals surface area contributed by atoms with Crippen molar-refractivity contribution in [1.29, 1.82) is 0 Å². The van der Waals surface area contributed by atoms with E-state index in [0.717, 1.165) is 49.5 Å². The SMILES string of the molecule is CN=C(NCCCc1nc2ccccc2s1)N1CCOC(c2cnn(C)c2)C1. The second-order valence-electron chi connectivity index (χ2n) is 6.91. The number of aryl methyl sites for hydroxylation is 2. The van der Waals surface area contributed by atoms with Gasteiger partial charge in [-0.3, -0.25) is 9.67 Å². The standard InChI is InChI=1S/C20H26N6OS/c1-21-20(26-10-11-27-17(14-26)15-12-23-25(2)13-15)22-9-5-8-19-24-16-6-3-4-7-18(16)28-19/h3-4,6-7,12-13,17H,5,8-11,14H2,1-2H3,(H,21,22). The molecule has 3 heterocycles. The quantitative estimate of drug-likeness (QED) is 0.407. The number of ether oxygens (including phenoxy) is 1. The highest BCUT2D eigenvalue weighted by Gasteiger charge is 2.25. The minimum atomic E-state index is 0.0312. The predicted octanol–water partition coefficient (Wildman–Crippen LogP) is 2.61. The number of nitrogens with one attached hydrogen (secondary N) is 1. The summed E-state index contributed by atoms with van der Waals surface area (Å²) in [6.07, 6.45) is 5.92. The van der Waals surface area contributed by atoms with Crippen LogP contribution >= 0.6 is 11.3 Å². The van der Waals surface area contributed by atoms with Crippen LogP contribution < -0.4 is 5.32 Å². The van der Waals surface area contributed by atoms with E-state index in [1.54, 1.807) is 11.3 Å². The van der Waals surface area contributed by atoms with Crippen molar-refractivity contribution < 1.29 is 4.74 Å². The number of guanidine groups is 1. The topological polar surface area (TPSA) is 67.6 Å².